The van der Waals surface area contributed by atoms with Crippen molar-refractivity contribution in [1.82, 2.24) is 0 Å². The summed E-state index contributed by atoms with van der Waals surface area (Å²) >= 11 is 1.82. The second-order valence-electron chi connectivity index (χ2n) is 28.7. The van der Waals surface area contributed by atoms with Gasteiger partial charge in [-0.3, -0.25) is 0 Å². The molecule has 111 heavy (non-hydrogen) atoms. The van der Waals surface area contributed by atoms with Gasteiger partial charge >= 0.3 is 0 Å². The molecule has 9 heteroatoms. The molecule has 0 unspecified atom stereocenters. The lowest BCUT2D eigenvalue weighted by Crippen LogP contribution is -2.64. The highest BCUT2D eigenvalue weighted by Crippen LogP contribution is 2.56. The van der Waals surface area contributed by atoms with Crippen LogP contribution in [-0.2, 0) is 0 Å². The Morgan fingerprint density at radius 2 is 0.595 bits per heavy atom. The van der Waals surface area contributed by atoms with Crippen molar-refractivity contribution < 1.29 is 4.39 Å². The molecule has 21 rings (SSSR count). The number of fused-ring (bicyclic) bond motifs is 8. The molecule has 0 aliphatic carbocycles. The van der Waals surface area contributed by atoms with Crippen LogP contribution in [0.1, 0.15) is 0 Å². The van der Waals surface area contributed by atoms with Gasteiger partial charge in [0.2, 0.25) is 6.71 Å². The molecule has 17 aromatic carbocycles. The largest absolute Gasteiger partial charge is 0.311 e. The zero-order chi connectivity index (χ0) is 73.5. The van der Waals surface area contributed by atoms with E-state index in [-0.39, 0.29) is 19.2 Å². The third kappa shape index (κ3) is 11.0. The van der Waals surface area contributed by atoms with E-state index in [1.165, 1.54) is 16.4 Å². The Labute approximate surface area is 651 Å². The molecule has 0 fully saturated rings. The first-order valence-electron chi connectivity index (χ1n) is 38.0. The molecule has 0 amide bonds. The standard InChI is InChI=1S/C102H68B2FN5S/c105-89-60-34-57-84(73-43-18-5-19-44-73)102(89)110-92-68-96-88(67-87(92)103-85-58-28-30-61-90(85)108(77-51-26-9-27-52-77)93-63-78(64-94(110)98(93)103)106(74-45-20-6-21-46-74)75-47-22-7-23-48-75)104-86-59-29-31-62-91(86)109(101-82(71-39-14-3-15-40-71)55-33-56-83(101)72-41-16-4-17-42-72)95-65-79(66-97(111-96)99(95)104)107(76-49-24-8-25-50-76)100-80(69-35-10-1-11-36-69)53-32-54-81(100)70-37-12-2-13-38-70/h1-68H. The normalized spacial score (nSPS) is 12.6. The lowest BCUT2D eigenvalue weighted by molar-refractivity contribution is 0.629. The minimum atomic E-state index is -0.331. The van der Waals surface area contributed by atoms with Crippen LogP contribution >= 0.6 is 11.8 Å². The molecule has 4 heterocycles. The van der Waals surface area contributed by atoms with Crippen LogP contribution in [0.15, 0.2) is 422 Å². The van der Waals surface area contributed by atoms with Gasteiger partial charge in [-0.2, -0.15) is 0 Å². The minimum absolute atomic E-state index is 0.293. The van der Waals surface area contributed by atoms with Crippen molar-refractivity contribution in [2.75, 3.05) is 24.5 Å². The highest BCUT2D eigenvalue weighted by molar-refractivity contribution is 8.00. The predicted molar refractivity (Wildman–Crippen MR) is 467 cm³/mol. The zero-order valence-electron chi connectivity index (χ0n) is 60.4. The summed E-state index contributed by atoms with van der Waals surface area (Å²) in [7, 11) is 0. The smallest absolute Gasteiger partial charge is 0.252 e. The van der Waals surface area contributed by atoms with E-state index < -0.39 is 0 Å². The number of rotatable bonds is 14. The zero-order valence-corrected chi connectivity index (χ0v) is 61.3. The predicted octanol–water partition coefficient (Wildman–Crippen LogP) is 23.9. The molecule has 0 spiro atoms. The van der Waals surface area contributed by atoms with Crippen molar-refractivity contribution in [2.24, 2.45) is 0 Å². The number of benzene rings is 17. The Balaban J connectivity index is 0.886. The lowest BCUT2D eigenvalue weighted by atomic mass is 9.31. The number of anilines is 15. The molecule has 0 atom stereocenters. The third-order valence-corrected chi connectivity index (χ3v) is 23.6. The number of halogens is 1. The van der Waals surface area contributed by atoms with E-state index in [2.05, 4.69) is 419 Å². The summed E-state index contributed by atoms with van der Waals surface area (Å²) in [6, 6.07) is 149. The summed E-state index contributed by atoms with van der Waals surface area (Å²) in [5.41, 5.74) is 32.0. The highest BCUT2D eigenvalue weighted by atomic mass is 32.2. The van der Waals surface area contributed by atoms with Gasteiger partial charge in [0.25, 0.3) is 6.71 Å². The minimum Gasteiger partial charge on any atom is -0.311 e. The van der Waals surface area contributed by atoms with Crippen LogP contribution in [0.2, 0.25) is 0 Å². The molecule has 17 aromatic rings. The Morgan fingerprint density at radius 1 is 0.234 bits per heavy atom. The molecule has 4 aliphatic heterocycles. The Bertz CT molecular complexity index is 6250. The molecule has 4 aliphatic rings. The van der Waals surface area contributed by atoms with Crippen LogP contribution in [-0.4, -0.2) is 13.4 Å². The molecule has 5 nitrogen and oxygen atoms in total. The van der Waals surface area contributed by atoms with Crippen LogP contribution in [0.4, 0.5) is 89.7 Å². The van der Waals surface area contributed by atoms with Gasteiger partial charge in [-0.15, -0.1) is 0 Å². The van der Waals surface area contributed by atoms with Crippen LogP contribution in [0, 0.1) is 5.82 Å². The van der Waals surface area contributed by atoms with Gasteiger partial charge in [-0.05, 0) is 152 Å². The van der Waals surface area contributed by atoms with Crippen molar-refractivity contribution in [3.63, 3.8) is 0 Å². The molecule has 520 valence electrons. The van der Waals surface area contributed by atoms with Crippen LogP contribution in [0.25, 0.3) is 55.6 Å². The van der Waals surface area contributed by atoms with E-state index in [4.69, 9.17) is 0 Å². The van der Waals surface area contributed by atoms with Crippen LogP contribution in [0.5, 0.6) is 0 Å². The second kappa shape index (κ2) is 27.4. The van der Waals surface area contributed by atoms with Gasteiger partial charge in [-0.25, -0.2) is 4.39 Å². The Morgan fingerprint density at radius 3 is 1.09 bits per heavy atom. The quantitative estimate of drug-likeness (QED) is 0.100. The fourth-order valence-electron chi connectivity index (χ4n) is 17.9. The van der Waals surface area contributed by atoms with E-state index in [1.807, 2.05) is 23.9 Å². The van der Waals surface area contributed by atoms with E-state index in [0.29, 0.717) is 5.69 Å². The molecular weight excluding hydrogens is 1370 g/mol. The topological polar surface area (TPSA) is 16.2 Å². The summed E-state index contributed by atoms with van der Waals surface area (Å²) < 4.78 is 18.9. The third-order valence-electron chi connectivity index (χ3n) is 22.5. The van der Waals surface area contributed by atoms with Crippen molar-refractivity contribution in [1.29, 1.82) is 0 Å². The first kappa shape index (κ1) is 65.4. The first-order chi connectivity index (χ1) is 55.1. The number of para-hydroxylation sites is 9. The maximum absolute atomic E-state index is 18.9. The highest BCUT2D eigenvalue weighted by Gasteiger charge is 2.49. The van der Waals surface area contributed by atoms with E-state index in [0.717, 1.165) is 161 Å². The van der Waals surface area contributed by atoms with E-state index in [1.54, 1.807) is 6.07 Å². The Kier molecular flexibility index (Phi) is 16.2. The molecule has 0 saturated carbocycles. The van der Waals surface area contributed by atoms with Gasteiger partial charge in [-0.1, -0.05) is 333 Å². The number of hydrogen-bond acceptors (Lipinski definition) is 6. The summed E-state index contributed by atoms with van der Waals surface area (Å²) in [6.45, 7) is -0.623. The fraction of sp³-hybridized carbons (Fsp3) is 0. The molecule has 0 bridgehead atoms. The average Bonchev–Trinajstić information content (AvgIpc) is 0.683. The molecule has 0 radical (unpaired) electrons. The monoisotopic (exact) mass is 1440 g/mol. The lowest BCUT2D eigenvalue weighted by Gasteiger charge is -2.46. The van der Waals surface area contributed by atoms with Crippen LogP contribution < -0.4 is 57.3 Å². The maximum Gasteiger partial charge on any atom is 0.252 e. The van der Waals surface area contributed by atoms with Crippen molar-refractivity contribution >= 4 is 143 Å². The molecular formula is C102H68B2FN5S. The van der Waals surface area contributed by atoms with Gasteiger partial charge in [0.15, 0.2) is 0 Å². The van der Waals surface area contributed by atoms with Gasteiger partial charge in [0, 0.05) is 100 Å². The average molecular weight is 1440 g/mol. The van der Waals surface area contributed by atoms with Gasteiger partial charge < -0.3 is 24.5 Å². The maximum atomic E-state index is 18.9. The van der Waals surface area contributed by atoms with E-state index in [9.17, 15) is 0 Å². The number of hydrogen-bond donors (Lipinski definition) is 0. The summed E-state index contributed by atoms with van der Waals surface area (Å²) in [6.07, 6.45) is 0. The summed E-state index contributed by atoms with van der Waals surface area (Å²) in [5, 5.41) is 0. The van der Waals surface area contributed by atoms with Crippen molar-refractivity contribution in [3.05, 3.63) is 418 Å². The Hall–Kier alpha value is -13.9. The first-order valence-corrected chi connectivity index (χ1v) is 38.8. The second-order valence-corrected chi connectivity index (χ2v) is 29.8. The number of nitrogens with zero attached hydrogens (tertiary/aromatic N) is 5. The van der Waals surface area contributed by atoms with Gasteiger partial charge in [0.05, 0.1) is 22.7 Å². The fourth-order valence-corrected chi connectivity index (χ4v) is 19.1. The molecule has 0 aromatic heterocycles. The molecule has 0 saturated heterocycles. The van der Waals surface area contributed by atoms with Crippen molar-refractivity contribution in [3.8, 4) is 55.6 Å². The summed E-state index contributed by atoms with van der Waals surface area (Å²) in [5.74, 6) is -0.331. The van der Waals surface area contributed by atoms with Crippen LogP contribution in [0.3, 0.4) is 0 Å². The van der Waals surface area contributed by atoms with Crippen molar-refractivity contribution in [2.45, 2.75) is 9.79 Å². The van der Waals surface area contributed by atoms with E-state index >= 15 is 4.39 Å². The summed E-state index contributed by atoms with van der Waals surface area (Å²) in [4.78, 5) is 14.4. The SMILES string of the molecule is Fc1cccc(-c2ccccc2)c1N1c2cc3c(cc2B2c4ccccc4N(c4ccccc4)c4cc(N(c5ccccc5)c5ccccc5)cc1c42)B1c2ccccc2N(c2c(-c4ccccc4)cccc2-c2ccccc2)c2cc(N(c4ccccc4)c4c(-c5ccccc5)cccc4-c4ccccc4)cc(c21)S3. The van der Waals surface area contributed by atoms with Gasteiger partial charge in [0.1, 0.15) is 5.82 Å². The molecule has 0 N–H and O–H groups in total.